The number of aliphatic carboxylic acids is 1. The van der Waals surface area contributed by atoms with Crippen molar-refractivity contribution in [3.05, 3.63) is 22.2 Å². The number of nitrogens with zero attached hydrogens (tertiary/aromatic N) is 2. The summed E-state index contributed by atoms with van der Waals surface area (Å²) in [6, 6.07) is 0. The summed E-state index contributed by atoms with van der Waals surface area (Å²) in [6.07, 6.45) is 4.50. The third-order valence-electron chi connectivity index (χ3n) is 5.62. The molecule has 1 saturated carbocycles. The molecule has 144 valence electrons. The lowest BCUT2D eigenvalue weighted by Crippen LogP contribution is -2.33. The fourth-order valence-electron chi connectivity index (χ4n) is 4.21. The molecule has 1 aliphatic carbocycles. The highest BCUT2D eigenvalue weighted by Gasteiger charge is 2.36. The average Bonchev–Trinajstić information content (AvgIpc) is 3.04. The van der Waals surface area contributed by atoms with Crippen LogP contribution in [0.25, 0.3) is 0 Å². The van der Waals surface area contributed by atoms with Crippen LogP contribution in [0.1, 0.15) is 57.7 Å². The quantitative estimate of drug-likeness (QED) is 0.825. The van der Waals surface area contributed by atoms with Crippen molar-refractivity contribution in [2.75, 3.05) is 11.5 Å². The minimum Gasteiger partial charge on any atom is -0.479 e. The van der Waals surface area contributed by atoms with Gasteiger partial charge in [-0.05, 0) is 36.5 Å². The van der Waals surface area contributed by atoms with Gasteiger partial charge in [0.15, 0.2) is 0 Å². The summed E-state index contributed by atoms with van der Waals surface area (Å²) in [6.45, 7) is 6.69. The minimum atomic E-state index is -1.03. The van der Waals surface area contributed by atoms with E-state index in [4.69, 9.17) is 15.6 Å². The predicted molar refractivity (Wildman–Crippen MR) is 101 cm³/mol. The summed E-state index contributed by atoms with van der Waals surface area (Å²) < 4.78 is 6.93. The first-order valence-corrected chi connectivity index (χ1v) is 10.2. The van der Waals surface area contributed by atoms with Gasteiger partial charge in [-0.15, -0.1) is 11.8 Å². The lowest BCUT2D eigenvalue weighted by molar-refractivity contribution is -0.147. The largest absolute Gasteiger partial charge is 0.479 e. The molecule has 3 N–H and O–H groups in total. The Labute approximate surface area is 157 Å². The van der Waals surface area contributed by atoms with Gasteiger partial charge >= 0.3 is 11.7 Å². The summed E-state index contributed by atoms with van der Waals surface area (Å²) in [7, 11) is 0. The Morgan fingerprint density at radius 1 is 1.46 bits per heavy atom. The van der Waals surface area contributed by atoms with Crippen LogP contribution >= 0.6 is 11.8 Å². The van der Waals surface area contributed by atoms with Crippen LogP contribution in [0, 0.1) is 17.8 Å². The standard InChI is InChI=1S/C18H27N3O4S/c1-9(2)11-5-4-10(3)6-12(11)13-7-21(18(24)20-15(13)19)14-8-26-17(25-14)16(22)23/h7,9-12,14,17H,4-6,8H2,1-3H3,(H,22,23)(H2,19,20,24)/t10-,11?,12?,14+,17-/m0/s1. The van der Waals surface area contributed by atoms with Crippen molar-refractivity contribution in [3.8, 4) is 0 Å². The lowest BCUT2D eigenvalue weighted by atomic mass is 9.68. The highest BCUT2D eigenvalue weighted by atomic mass is 32.2. The molecule has 0 spiro atoms. The number of carbonyl (C=O) groups is 1. The summed E-state index contributed by atoms with van der Waals surface area (Å²) in [5, 5.41) is 9.11. The van der Waals surface area contributed by atoms with Crippen LogP contribution in [0.15, 0.2) is 11.0 Å². The summed E-state index contributed by atoms with van der Waals surface area (Å²) >= 11 is 1.17. The number of carboxylic acid groups (broad SMARTS) is 1. The van der Waals surface area contributed by atoms with Crippen LogP contribution in [0.2, 0.25) is 0 Å². The summed E-state index contributed by atoms with van der Waals surface area (Å²) in [5.74, 6) is 1.52. The molecule has 1 saturated heterocycles. The molecule has 0 radical (unpaired) electrons. The van der Waals surface area contributed by atoms with Gasteiger partial charge < -0.3 is 15.6 Å². The Morgan fingerprint density at radius 2 is 2.19 bits per heavy atom. The molecule has 0 amide bonds. The number of thioether (sulfide) groups is 1. The van der Waals surface area contributed by atoms with Crippen LogP contribution in [0.5, 0.6) is 0 Å². The first-order chi connectivity index (χ1) is 12.3. The van der Waals surface area contributed by atoms with Crippen molar-refractivity contribution in [1.82, 2.24) is 9.55 Å². The molecule has 26 heavy (non-hydrogen) atoms. The molecule has 2 heterocycles. The van der Waals surface area contributed by atoms with Gasteiger partial charge in [0.2, 0.25) is 5.44 Å². The molecule has 1 aliphatic heterocycles. The van der Waals surface area contributed by atoms with Gasteiger partial charge in [-0.3, -0.25) is 4.57 Å². The molecule has 1 aromatic rings. The number of nitrogens with two attached hydrogens (primary N) is 1. The number of hydrogen-bond donors (Lipinski definition) is 2. The fraction of sp³-hybridized carbons (Fsp3) is 0.722. The maximum Gasteiger partial charge on any atom is 0.351 e. The van der Waals surface area contributed by atoms with Gasteiger partial charge in [-0.1, -0.05) is 27.2 Å². The van der Waals surface area contributed by atoms with E-state index in [-0.39, 0.29) is 11.7 Å². The van der Waals surface area contributed by atoms with Crippen LogP contribution in [0.3, 0.4) is 0 Å². The van der Waals surface area contributed by atoms with Crippen LogP contribution in [0.4, 0.5) is 5.82 Å². The molecule has 8 heteroatoms. The van der Waals surface area contributed by atoms with E-state index in [2.05, 4.69) is 25.8 Å². The monoisotopic (exact) mass is 381 g/mol. The van der Waals surface area contributed by atoms with E-state index >= 15 is 0 Å². The number of carboxylic acids is 1. The Bertz CT molecular complexity index is 736. The number of hydrogen-bond acceptors (Lipinski definition) is 6. The third kappa shape index (κ3) is 3.76. The van der Waals surface area contributed by atoms with Gasteiger partial charge in [0, 0.05) is 17.5 Å². The van der Waals surface area contributed by atoms with Gasteiger partial charge in [0.05, 0.1) is 0 Å². The molecular weight excluding hydrogens is 354 g/mol. The number of ether oxygens (including phenoxy) is 1. The number of nitrogen functional groups attached to an aromatic ring is 1. The zero-order valence-corrected chi connectivity index (χ0v) is 16.2. The number of rotatable bonds is 4. The van der Waals surface area contributed by atoms with Crippen LogP contribution in [-0.2, 0) is 9.53 Å². The second-order valence-corrected chi connectivity index (χ2v) is 8.89. The Kier molecular flexibility index (Phi) is 5.62. The summed E-state index contributed by atoms with van der Waals surface area (Å²) in [4.78, 5) is 27.5. The second-order valence-electron chi connectivity index (χ2n) is 7.80. The van der Waals surface area contributed by atoms with Gasteiger partial charge in [-0.2, -0.15) is 4.98 Å². The van der Waals surface area contributed by atoms with E-state index in [9.17, 15) is 9.59 Å². The topological polar surface area (TPSA) is 107 Å². The molecule has 7 nitrogen and oxygen atoms in total. The van der Waals surface area contributed by atoms with Crippen LogP contribution < -0.4 is 11.4 Å². The highest BCUT2D eigenvalue weighted by molar-refractivity contribution is 8.00. The normalized spacial score (nSPS) is 32.1. The van der Waals surface area contributed by atoms with Crippen molar-refractivity contribution in [2.24, 2.45) is 17.8 Å². The molecule has 5 atom stereocenters. The maximum atomic E-state index is 12.4. The van der Waals surface area contributed by atoms with Gasteiger partial charge in [0.25, 0.3) is 0 Å². The Balaban J connectivity index is 1.95. The molecule has 1 aromatic heterocycles. The molecule has 2 unspecified atom stereocenters. The molecule has 3 rings (SSSR count). The van der Waals surface area contributed by atoms with Crippen molar-refractivity contribution < 1.29 is 14.6 Å². The molecule has 2 aliphatic rings. The number of anilines is 1. The van der Waals surface area contributed by atoms with Crippen molar-refractivity contribution in [2.45, 2.75) is 57.6 Å². The zero-order valence-electron chi connectivity index (χ0n) is 15.4. The highest BCUT2D eigenvalue weighted by Crippen LogP contribution is 2.45. The average molecular weight is 381 g/mol. The van der Waals surface area contributed by atoms with E-state index in [1.54, 1.807) is 6.20 Å². The van der Waals surface area contributed by atoms with E-state index in [0.717, 1.165) is 18.4 Å². The minimum absolute atomic E-state index is 0.252. The molecule has 2 fully saturated rings. The van der Waals surface area contributed by atoms with Crippen LogP contribution in [-0.4, -0.2) is 31.8 Å². The second kappa shape index (κ2) is 7.60. The number of aromatic nitrogens is 2. The van der Waals surface area contributed by atoms with Gasteiger partial charge in [0.1, 0.15) is 12.0 Å². The third-order valence-corrected chi connectivity index (χ3v) is 6.71. The molecular formula is C18H27N3O4S. The first-order valence-electron chi connectivity index (χ1n) is 9.16. The van der Waals surface area contributed by atoms with Crippen molar-refractivity contribution >= 4 is 23.5 Å². The smallest absolute Gasteiger partial charge is 0.351 e. The van der Waals surface area contributed by atoms with E-state index in [1.807, 2.05) is 0 Å². The molecule has 0 aromatic carbocycles. The van der Waals surface area contributed by atoms with E-state index in [1.165, 1.54) is 22.7 Å². The fourth-order valence-corrected chi connectivity index (χ4v) is 5.14. The first kappa shape index (κ1) is 19.2. The van der Waals surface area contributed by atoms with Crippen molar-refractivity contribution in [1.29, 1.82) is 0 Å². The van der Waals surface area contributed by atoms with E-state index < -0.39 is 23.3 Å². The van der Waals surface area contributed by atoms with Crippen molar-refractivity contribution in [3.63, 3.8) is 0 Å². The Hall–Kier alpha value is -1.54. The summed E-state index contributed by atoms with van der Waals surface area (Å²) in [5.41, 5.74) is 5.58. The zero-order chi connectivity index (χ0) is 19.0. The SMILES string of the molecule is CC(C)C1CC[C@H](C)CC1c1cn([C@H]2CS[C@@H](C(=O)O)O2)c(=O)nc1N. The lowest BCUT2D eigenvalue weighted by Gasteiger charge is -2.38. The predicted octanol–water partition coefficient (Wildman–Crippen LogP) is 2.67. The van der Waals surface area contributed by atoms with E-state index in [0.29, 0.717) is 23.5 Å². The Morgan fingerprint density at radius 3 is 2.81 bits per heavy atom. The maximum absolute atomic E-state index is 12.4. The molecule has 0 bridgehead atoms. The van der Waals surface area contributed by atoms with Gasteiger partial charge in [-0.25, -0.2) is 9.59 Å².